The van der Waals surface area contributed by atoms with Gasteiger partial charge in [0.25, 0.3) is 0 Å². The Balaban J connectivity index is 1.98. The molecule has 0 aromatic carbocycles. The normalized spacial score (nSPS) is 16.1. The van der Waals surface area contributed by atoms with Gasteiger partial charge in [-0.3, -0.25) is 4.79 Å². The predicted octanol–water partition coefficient (Wildman–Crippen LogP) is 1.36. The van der Waals surface area contributed by atoms with Crippen LogP contribution in [0.1, 0.15) is 44.1 Å². The molecule has 0 radical (unpaired) electrons. The van der Waals surface area contributed by atoms with Gasteiger partial charge in [-0.05, 0) is 26.7 Å². The molecule has 22 heavy (non-hydrogen) atoms. The summed E-state index contributed by atoms with van der Waals surface area (Å²) in [5, 5.41) is 3.66. The smallest absolute Gasteiger partial charge is 0.246 e. The summed E-state index contributed by atoms with van der Waals surface area (Å²) in [6.07, 6.45) is 4.24. The minimum absolute atomic E-state index is 0.0107. The third-order valence-corrected chi connectivity index (χ3v) is 5.76. The average molecular weight is 329 g/mol. The number of aryl methyl sites for hydroxylation is 2. The second-order valence-corrected chi connectivity index (χ2v) is 7.41. The predicted molar refractivity (Wildman–Crippen MR) is 80.8 cm³/mol. The summed E-state index contributed by atoms with van der Waals surface area (Å²) in [6.45, 7) is 5.24. The number of sulfonamides is 1. The van der Waals surface area contributed by atoms with Gasteiger partial charge in [0.05, 0.1) is 0 Å². The van der Waals surface area contributed by atoms with Crippen LogP contribution in [-0.2, 0) is 14.8 Å². The number of nitrogens with one attached hydrogen (secondary N) is 1. The molecule has 0 spiro atoms. The molecule has 0 saturated heterocycles. The zero-order valence-electron chi connectivity index (χ0n) is 13.3. The molecule has 1 fully saturated rings. The van der Waals surface area contributed by atoms with E-state index < -0.39 is 10.0 Å². The van der Waals surface area contributed by atoms with Crippen LogP contribution in [0.3, 0.4) is 0 Å². The first kappa shape index (κ1) is 17.0. The summed E-state index contributed by atoms with van der Waals surface area (Å²) in [4.78, 5) is 13.6. The summed E-state index contributed by atoms with van der Waals surface area (Å²) >= 11 is 0. The molecule has 7 nitrogen and oxygen atoms in total. The van der Waals surface area contributed by atoms with Crippen molar-refractivity contribution in [2.24, 2.45) is 0 Å². The average Bonchev–Trinajstić information content (AvgIpc) is 3.04. The fourth-order valence-corrected chi connectivity index (χ4v) is 4.39. The van der Waals surface area contributed by atoms with Gasteiger partial charge in [-0.1, -0.05) is 18.0 Å². The van der Waals surface area contributed by atoms with Crippen molar-refractivity contribution in [1.82, 2.24) is 14.8 Å². The Morgan fingerprint density at radius 1 is 1.36 bits per heavy atom. The van der Waals surface area contributed by atoms with Crippen molar-refractivity contribution in [2.45, 2.75) is 57.4 Å². The van der Waals surface area contributed by atoms with E-state index in [-0.39, 0.29) is 29.1 Å². The van der Waals surface area contributed by atoms with Crippen molar-refractivity contribution >= 4 is 15.9 Å². The summed E-state index contributed by atoms with van der Waals surface area (Å²) in [5.74, 6) is 0.257. The molecule has 0 unspecified atom stereocenters. The quantitative estimate of drug-likeness (QED) is 0.850. The molecule has 0 bridgehead atoms. The molecule has 1 aliphatic rings. The van der Waals surface area contributed by atoms with Gasteiger partial charge in [0.2, 0.25) is 15.9 Å². The SMILES string of the molecule is CC(=O)N(CCNS(=O)(=O)c1c(C)noc1C)C1CCCC1. The van der Waals surface area contributed by atoms with Gasteiger partial charge in [0, 0.05) is 26.1 Å². The van der Waals surface area contributed by atoms with Crippen LogP contribution in [0.5, 0.6) is 0 Å². The number of hydrogen-bond donors (Lipinski definition) is 1. The molecule has 1 amide bonds. The fraction of sp³-hybridized carbons (Fsp3) is 0.714. The lowest BCUT2D eigenvalue weighted by molar-refractivity contribution is -0.130. The molecule has 1 heterocycles. The van der Waals surface area contributed by atoms with E-state index in [1.807, 2.05) is 0 Å². The van der Waals surface area contributed by atoms with Crippen LogP contribution >= 0.6 is 0 Å². The van der Waals surface area contributed by atoms with Gasteiger partial charge < -0.3 is 9.42 Å². The number of carbonyl (C=O) groups is 1. The van der Waals surface area contributed by atoms with E-state index in [0.29, 0.717) is 12.2 Å². The van der Waals surface area contributed by atoms with Crippen LogP contribution in [0.2, 0.25) is 0 Å². The number of hydrogen-bond acceptors (Lipinski definition) is 5. The van der Waals surface area contributed by atoms with Crippen molar-refractivity contribution in [3.8, 4) is 0 Å². The molecule has 1 saturated carbocycles. The topological polar surface area (TPSA) is 92.5 Å². The molecular weight excluding hydrogens is 306 g/mol. The number of carbonyl (C=O) groups excluding carboxylic acids is 1. The second-order valence-electron chi connectivity index (χ2n) is 5.70. The molecule has 8 heteroatoms. The Bertz CT molecular complexity index is 613. The van der Waals surface area contributed by atoms with Gasteiger partial charge in [-0.2, -0.15) is 0 Å². The number of aromatic nitrogens is 1. The summed E-state index contributed by atoms with van der Waals surface area (Å²) in [6, 6.07) is 0.237. The molecule has 0 aliphatic heterocycles. The molecule has 1 aromatic rings. The van der Waals surface area contributed by atoms with Crippen LogP contribution < -0.4 is 4.72 Å². The van der Waals surface area contributed by atoms with Gasteiger partial charge in [0.15, 0.2) is 5.76 Å². The van der Waals surface area contributed by atoms with Crippen LogP contribution in [0.25, 0.3) is 0 Å². The van der Waals surface area contributed by atoms with Crippen molar-refractivity contribution in [3.63, 3.8) is 0 Å². The highest BCUT2D eigenvalue weighted by Gasteiger charge is 2.26. The lowest BCUT2D eigenvalue weighted by Crippen LogP contribution is -2.42. The van der Waals surface area contributed by atoms with Crippen LogP contribution in [-0.4, -0.2) is 43.5 Å². The first-order valence-electron chi connectivity index (χ1n) is 7.52. The standard InChI is InChI=1S/C14H23N3O4S/c1-10-14(11(2)21-16-10)22(19,20)15-8-9-17(12(3)18)13-6-4-5-7-13/h13,15H,4-9H2,1-3H3. The first-order valence-corrected chi connectivity index (χ1v) is 9.01. The van der Waals surface area contributed by atoms with E-state index in [1.165, 1.54) is 6.92 Å². The van der Waals surface area contributed by atoms with E-state index >= 15 is 0 Å². The lowest BCUT2D eigenvalue weighted by atomic mass is 10.2. The maximum atomic E-state index is 12.3. The molecular formula is C14H23N3O4S. The minimum atomic E-state index is -3.67. The first-order chi connectivity index (χ1) is 10.3. The fourth-order valence-electron chi connectivity index (χ4n) is 3.04. The Morgan fingerprint density at radius 3 is 2.50 bits per heavy atom. The highest BCUT2D eigenvalue weighted by molar-refractivity contribution is 7.89. The summed E-state index contributed by atoms with van der Waals surface area (Å²) in [7, 11) is -3.67. The highest BCUT2D eigenvalue weighted by atomic mass is 32.2. The van der Waals surface area contributed by atoms with E-state index in [0.717, 1.165) is 25.7 Å². The maximum Gasteiger partial charge on any atom is 0.246 e. The van der Waals surface area contributed by atoms with Crippen molar-refractivity contribution < 1.29 is 17.7 Å². The van der Waals surface area contributed by atoms with Crippen molar-refractivity contribution in [1.29, 1.82) is 0 Å². The molecule has 1 aliphatic carbocycles. The largest absolute Gasteiger partial charge is 0.360 e. The second kappa shape index (κ2) is 6.78. The number of amides is 1. The minimum Gasteiger partial charge on any atom is -0.360 e. The highest BCUT2D eigenvalue weighted by Crippen LogP contribution is 2.23. The van der Waals surface area contributed by atoms with E-state index in [9.17, 15) is 13.2 Å². The van der Waals surface area contributed by atoms with Crippen molar-refractivity contribution in [2.75, 3.05) is 13.1 Å². The number of rotatable bonds is 6. The Labute approximate surface area is 131 Å². The van der Waals surface area contributed by atoms with Gasteiger partial charge in [0.1, 0.15) is 10.6 Å². The van der Waals surface area contributed by atoms with E-state index in [1.54, 1.807) is 18.7 Å². The van der Waals surface area contributed by atoms with Gasteiger partial charge in [-0.25, -0.2) is 13.1 Å². The molecule has 1 N–H and O–H groups in total. The third kappa shape index (κ3) is 3.67. The zero-order chi connectivity index (χ0) is 16.3. The van der Waals surface area contributed by atoms with Crippen LogP contribution in [0.15, 0.2) is 9.42 Å². The van der Waals surface area contributed by atoms with E-state index in [4.69, 9.17) is 4.52 Å². The Kier molecular flexibility index (Phi) is 5.23. The van der Waals surface area contributed by atoms with Crippen molar-refractivity contribution in [3.05, 3.63) is 11.5 Å². The lowest BCUT2D eigenvalue weighted by Gasteiger charge is -2.27. The van der Waals surface area contributed by atoms with Crippen LogP contribution in [0, 0.1) is 13.8 Å². The third-order valence-electron chi connectivity index (χ3n) is 4.05. The Hall–Kier alpha value is -1.41. The van der Waals surface area contributed by atoms with Gasteiger partial charge >= 0.3 is 0 Å². The number of nitrogens with zero attached hydrogens (tertiary/aromatic N) is 2. The summed E-state index contributed by atoms with van der Waals surface area (Å²) < 4.78 is 32.0. The summed E-state index contributed by atoms with van der Waals surface area (Å²) in [5.41, 5.74) is 0.337. The molecule has 124 valence electrons. The maximum absolute atomic E-state index is 12.3. The molecule has 1 aromatic heterocycles. The Morgan fingerprint density at radius 2 is 2.00 bits per heavy atom. The van der Waals surface area contributed by atoms with Gasteiger partial charge in [-0.15, -0.1) is 0 Å². The molecule has 2 rings (SSSR count). The molecule has 0 atom stereocenters. The zero-order valence-corrected chi connectivity index (χ0v) is 14.1. The van der Waals surface area contributed by atoms with E-state index in [2.05, 4.69) is 9.88 Å². The van der Waals surface area contributed by atoms with Crippen LogP contribution in [0.4, 0.5) is 0 Å². The monoisotopic (exact) mass is 329 g/mol.